The second-order valence-corrected chi connectivity index (χ2v) is 13.7. The van der Waals surface area contributed by atoms with Gasteiger partial charge in [0.2, 0.25) is 0 Å². The summed E-state index contributed by atoms with van der Waals surface area (Å²) in [6.45, 7) is 8.76. The Morgan fingerprint density at radius 3 is 2.35 bits per heavy atom. The summed E-state index contributed by atoms with van der Waals surface area (Å²) < 4.78 is 45.1. The summed E-state index contributed by atoms with van der Waals surface area (Å²) in [7, 11) is -1.96. The van der Waals surface area contributed by atoms with Crippen molar-refractivity contribution in [2.24, 2.45) is 0 Å². The average Bonchev–Trinajstić information content (AvgIpc) is 3.39. The average molecular weight is 667 g/mol. The first-order valence-corrected chi connectivity index (χ1v) is 17.7. The summed E-state index contributed by atoms with van der Waals surface area (Å²) in [6, 6.07) is 13.9. The van der Waals surface area contributed by atoms with Crippen molar-refractivity contribution in [3.63, 3.8) is 0 Å². The molecule has 10 nitrogen and oxygen atoms in total. The lowest BCUT2D eigenvalue weighted by Gasteiger charge is -2.29. The maximum absolute atomic E-state index is 14.5. The normalized spacial score (nSPS) is 14.6. The van der Waals surface area contributed by atoms with Crippen molar-refractivity contribution in [2.45, 2.75) is 59.3 Å². The number of hydrogen-bond acceptors (Lipinski definition) is 9. The van der Waals surface area contributed by atoms with Gasteiger partial charge in [-0.05, 0) is 76.4 Å². The van der Waals surface area contributed by atoms with E-state index in [1.54, 1.807) is 56.7 Å². The quantitative estimate of drug-likeness (QED) is 0.139. The maximum Gasteiger partial charge on any atom is 0.361 e. The summed E-state index contributed by atoms with van der Waals surface area (Å²) >= 11 is 1.32. The SMILES string of the molecule is CC#Cc1sc2c(c1C)c(=O)n(-c1ccc(P(=O)(OCC)OCC)cc1)c(=O)n2C[C@H](OC1CCOCC1)c1ccccc1OC. The number of aromatic nitrogens is 2. The topological polar surface area (TPSA) is 107 Å². The zero-order valence-corrected chi connectivity index (χ0v) is 28.5. The molecular formula is C34H39N2O8PS. The molecule has 244 valence electrons. The molecule has 0 N–H and O–H groups in total. The number of thiophene rings is 1. The van der Waals surface area contributed by atoms with Gasteiger partial charge in [0.05, 0.1) is 54.2 Å². The summed E-state index contributed by atoms with van der Waals surface area (Å²) in [5, 5.41) is 0.744. The fraction of sp³-hybridized carbons (Fsp3) is 0.412. The zero-order chi connectivity index (χ0) is 32.8. The molecule has 0 unspecified atom stereocenters. The molecule has 4 aromatic rings. The molecule has 1 aliphatic rings. The summed E-state index contributed by atoms with van der Waals surface area (Å²) in [6.07, 6.45) is 0.804. The van der Waals surface area contributed by atoms with Gasteiger partial charge >= 0.3 is 13.3 Å². The van der Waals surface area contributed by atoms with Crippen molar-refractivity contribution in [1.29, 1.82) is 0 Å². The van der Waals surface area contributed by atoms with E-state index in [1.165, 1.54) is 11.3 Å². The molecular weight excluding hydrogens is 627 g/mol. The van der Waals surface area contributed by atoms with Crippen LogP contribution in [0.15, 0.2) is 58.1 Å². The highest BCUT2D eigenvalue weighted by molar-refractivity contribution is 7.62. The highest BCUT2D eigenvalue weighted by Gasteiger charge is 2.29. The third-order valence-corrected chi connectivity index (χ3v) is 11.2. The molecule has 0 saturated carbocycles. The van der Waals surface area contributed by atoms with Crippen LogP contribution >= 0.6 is 18.9 Å². The van der Waals surface area contributed by atoms with Gasteiger partial charge in [0, 0.05) is 18.8 Å². The molecule has 12 heteroatoms. The van der Waals surface area contributed by atoms with Crippen molar-refractivity contribution in [3.8, 4) is 23.3 Å². The molecule has 1 saturated heterocycles. The Morgan fingerprint density at radius 2 is 1.72 bits per heavy atom. The first-order chi connectivity index (χ1) is 22.3. The molecule has 0 radical (unpaired) electrons. The van der Waals surface area contributed by atoms with Crippen molar-refractivity contribution in [1.82, 2.24) is 9.13 Å². The van der Waals surface area contributed by atoms with E-state index in [4.69, 9.17) is 23.3 Å². The number of ether oxygens (including phenoxy) is 3. The van der Waals surface area contributed by atoms with Crippen molar-refractivity contribution >= 4 is 34.5 Å². The Bertz CT molecular complexity index is 1900. The molecule has 0 aliphatic carbocycles. The van der Waals surface area contributed by atoms with Crippen LogP contribution in [-0.2, 0) is 29.6 Å². The lowest BCUT2D eigenvalue weighted by atomic mass is 10.1. The Balaban J connectivity index is 1.70. The summed E-state index contributed by atoms with van der Waals surface area (Å²) in [4.78, 5) is 29.8. The number of rotatable bonds is 12. The number of aryl methyl sites for hydroxylation is 1. The molecule has 46 heavy (non-hydrogen) atoms. The number of hydrogen-bond donors (Lipinski definition) is 0. The fourth-order valence-electron chi connectivity index (χ4n) is 5.64. The monoisotopic (exact) mass is 666 g/mol. The minimum absolute atomic E-state index is 0.0775. The predicted molar refractivity (Wildman–Crippen MR) is 180 cm³/mol. The Morgan fingerprint density at radius 1 is 1.04 bits per heavy atom. The van der Waals surface area contributed by atoms with Crippen LogP contribution in [-0.4, -0.2) is 48.8 Å². The highest BCUT2D eigenvalue weighted by Crippen LogP contribution is 2.46. The molecule has 2 aromatic carbocycles. The highest BCUT2D eigenvalue weighted by atomic mass is 32.1. The largest absolute Gasteiger partial charge is 0.496 e. The van der Waals surface area contributed by atoms with Gasteiger partial charge in [0.15, 0.2) is 0 Å². The molecule has 3 heterocycles. The zero-order valence-electron chi connectivity index (χ0n) is 26.7. The van der Waals surface area contributed by atoms with Crippen LogP contribution in [0.4, 0.5) is 0 Å². The molecule has 0 spiro atoms. The van der Waals surface area contributed by atoms with E-state index in [-0.39, 0.29) is 25.9 Å². The van der Waals surface area contributed by atoms with Crippen LogP contribution in [0.25, 0.3) is 15.9 Å². The summed E-state index contributed by atoms with van der Waals surface area (Å²) in [5.74, 6) is 6.66. The first-order valence-electron chi connectivity index (χ1n) is 15.3. The number of methoxy groups -OCH3 is 1. The van der Waals surface area contributed by atoms with E-state index < -0.39 is 24.9 Å². The van der Waals surface area contributed by atoms with Gasteiger partial charge in [0.1, 0.15) is 16.7 Å². The lowest BCUT2D eigenvalue weighted by Crippen LogP contribution is -2.40. The van der Waals surface area contributed by atoms with Crippen LogP contribution in [0.1, 0.15) is 55.7 Å². The standard InChI is InChI=1S/C34H39N2O8PS/c1-6-11-30-23(4)31-32(37)36(24-14-16-26(17-15-24)45(39,42-7-2)43-8-3)34(38)35(33(31)46-30)22-29(44-25-18-20-41-21-19-25)27-12-9-10-13-28(27)40-5/h9-10,12-17,25,29H,7-8,18-22H2,1-5H3/t29-/m0/s1. The van der Waals surface area contributed by atoms with E-state index in [2.05, 4.69) is 11.8 Å². The molecule has 1 fully saturated rings. The summed E-state index contributed by atoms with van der Waals surface area (Å²) in [5.41, 5.74) is 0.828. The third kappa shape index (κ3) is 6.79. The number of para-hydroxylation sites is 1. The minimum Gasteiger partial charge on any atom is -0.496 e. The van der Waals surface area contributed by atoms with Gasteiger partial charge < -0.3 is 23.3 Å². The van der Waals surface area contributed by atoms with Gasteiger partial charge in [-0.25, -0.2) is 9.36 Å². The second-order valence-electron chi connectivity index (χ2n) is 10.7. The van der Waals surface area contributed by atoms with Gasteiger partial charge in [-0.15, -0.1) is 17.3 Å². The van der Waals surface area contributed by atoms with Crippen molar-refractivity contribution < 1.29 is 27.8 Å². The molecule has 2 aromatic heterocycles. The minimum atomic E-state index is -3.57. The van der Waals surface area contributed by atoms with Gasteiger partial charge in [-0.2, -0.15) is 0 Å². The van der Waals surface area contributed by atoms with Crippen molar-refractivity contribution in [3.05, 3.63) is 85.4 Å². The Hall–Kier alpha value is -3.49. The third-order valence-electron chi connectivity index (χ3n) is 7.83. The Labute approximate surface area is 272 Å². The van der Waals surface area contributed by atoms with Crippen LogP contribution < -0.4 is 21.3 Å². The first kappa shape index (κ1) is 33.9. The molecule has 0 bridgehead atoms. The van der Waals surface area contributed by atoms with E-state index in [1.807, 2.05) is 31.2 Å². The van der Waals surface area contributed by atoms with Crippen molar-refractivity contribution in [2.75, 3.05) is 33.5 Å². The fourth-order valence-corrected chi connectivity index (χ4v) is 8.41. The lowest BCUT2D eigenvalue weighted by molar-refractivity contribution is -0.0752. The van der Waals surface area contributed by atoms with Gasteiger partial charge in [0.25, 0.3) is 5.56 Å². The molecule has 0 amide bonds. The van der Waals surface area contributed by atoms with Crippen LogP contribution in [0.3, 0.4) is 0 Å². The number of nitrogens with zero attached hydrogens (tertiary/aromatic N) is 2. The maximum atomic E-state index is 14.5. The Kier molecular flexibility index (Phi) is 11.0. The van der Waals surface area contributed by atoms with E-state index in [0.29, 0.717) is 50.6 Å². The predicted octanol–water partition coefficient (Wildman–Crippen LogP) is 5.73. The number of fused-ring (bicyclic) bond motifs is 1. The van der Waals surface area contributed by atoms with E-state index in [9.17, 15) is 14.2 Å². The number of benzene rings is 2. The van der Waals surface area contributed by atoms with Crippen LogP contribution in [0.5, 0.6) is 5.75 Å². The van der Waals surface area contributed by atoms with Gasteiger partial charge in [-0.1, -0.05) is 24.1 Å². The van der Waals surface area contributed by atoms with Crippen LogP contribution in [0, 0.1) is 18.8 Å². The second kappa shape index (κ2) is 14.9. The molecule has 5 rings (SSSR count). The van der Waals surface area contributed by atoms with E-state index in [0.717, 1.165) is 23.0 Å². The molecule has 1 aliphatic heterocycles. The van der Waals surface area contributed by atoms with E-state index >= 15 is 0 Å². The van der Waals surface area contributed by atoms with Gasteiger partial charge in [-0.3, -0.25) is 13.9 Å². The molecule has 1 atom stereocenters. The van der Waals surface area contributed by atoms with Crippen LogP contribution in [0.2, 0.25) is 0 Å². The smallest absolute Gasteiger partial charge is 0.361 e.